The van der Waals surface area contributed by atoms with Gasteiger partial charge in [-0.3, -0.25) is 19.2 Å². The highest BCUT2D eigenvalue weighted by molar-refractivity contribution is 7.98. The highest BCUT2D eigenvalue weighted by Crippen LogP contribution is 2.32. The molecule has 2 N–H and O–H groups in total. The number of rotatable bonds is 11. The van der Waals surface area contributed by atoms with E-state index in [2.05, 4.69) is 16.7 Å². The average Bonchev–Trinajstić information content (AvgIpc) is 3.79. The number of piperidine rings is 1. The van der Waals surface area contributed by atoms with Crippen molar-refractivity contribution in [3.05, 3.63) is 59.7 Å². The summed E-state index contributed by atoms with van der Waals surface area (Å²) in [6.45, 7) is 2.97. The van der Waals surface area contributed by atoms with Gasteiger partial charge in [0, 0.05) is 49.8 Å². The molecule has 0 bridgehead atoms. The number of amides is 4. The second kappa shape index (κ2) is 15.5. The van der Waals surface area contributed by atoms with Gasteiger partial charge in [-0.25, -0.2) is 0 Å². The van der Waals surface area contributed by atoms with Gasteiger partial charge in [-0.2, -0.15) is 11.8 Å². The third-order valence-corrected chi connectivity index (χ3v) is 8.03. The number of carbonyl (C=O) groups excluding carboxylic acids is 4. The van der Waals surface area contributed by atoms with Gasteiger partial charge >= 0.3 is 0 Å². The molecule has 2 fully saturated rings. The van der Waals surface area contributed by atoms with Crippen LogP contribution >= 0.6 is 11.8 Å². The predicted molar refractivity (Wildman–Crippen MR) is 161 cm³/mol. The van der Waals surface area contributed by atoms with Crippen molar-refractivity contribution in [3.63, 3.8) is 0 Å². The Labute approximate surface area is 246 Å². The summed E-state index contributed by atoms with van der Waals surface area (Å²) < 4.78 is 5.77. The Morgan fingerprint density at radius 2 is 1.73 bits per heavy atom. The minimum absolute atomic E-state index is 0.0135. The Hall–Kier alpha value is -3.53. The van der Waals surface area contributed by atoms with Crippen molar-refractivity contribution in [1.29, 1.82) is 0 Å². The van der Waals surface area contributed by atoms with E-state index in [1.54, 1.807) is 11.8 Å². The Morgan fingerprint density at radius 1 is 1.02 bits per heavy atom. The summed E-state index contributed by atoms with van der Waals surface area (Å²) in [6.07, 6.45) is 7.16. The normalized spacial score (nSPS) is 16.2. The summed E-state index contributed by atoms with van der Waals surface area (Å²) in [5, 5.41) is 5.38. The van der Waals surface area contributed by atoms with Crippen molar-refractivity contribution in [1.82, 2.24) is 15.5 Å². The van der Waals surface area contributed by atoms with Crippen LogP contribution in [-0.4, -0.2) is 79.4 Å². The minimum Gasteiger partial charge on any atom is -0.494 e. The van der Waals surface area contributed by atoms with Gasteiger partial charge in [0.25, 0.3) is 5.91 Å². The highest BCUT2D eigenvalue weighted by Gasteiger charge is 2.33. The zero-order valence-corrected chi connectivity index (χ0v) is 24.5. The van der Waals surface area contributed by atoms with Crippen LogP contribution in [0.1, 0.15) is 54.4 Å². The second-order valence-electron chi connectivity index (χ2n) is 10.4. The topological polar surface area (TPSA) is 118 Å². The Balaban J connectivity index is 0.000000890. The molecule has 2 aromatic rings. The summed E-state index contributed by atoms with van der Waals surface area (Å²) in [6, 6.07) is 15.6. The number of hydrogen-bond donors (Lipinski definition) is 2. The van der Waals surface area contributed by atoms with E-state index in [0.717, 1.165) is 43.5 Å². The molecular formula is C31H40N4O5S. The summed E-state index contributed by atoms with van der Waals surface area (Å²) >= 11 is 1.75. The number of anilines is 1. The zero-order chi connectivity index (χ0) is 29.0. The summed E-state index contributed by atoms with van der Waals surface area (Å²) in [5.74, 6) is 2.17. The molecule has 2 saturated heterocycles. The molecule has 10 heteroatoms. The lowest BCUT2D eigenvalue weighted by molar-refractivity contribution is -0.121. The maximum atomic E-state index is 13.1. The number of ether oxygens (including phenoxy) is 1. The molecule has 5 rings (SSSR count). The highest BCUT2D eigenvalue weighted by atomic mass is 32.2. The molecule has 3 aliphatic rings. The van der Waals surface area contributed by atoms with Gasteiger partial charge < -0.3 is 25.2 Å². The second-order valence-corrected chi connectivity index (χ2v) is 11.4. The first-order valence-electron chi connectivity index (χ1n) is 14.4. The maximum absolute atomic E-state index is 13.1. The smallest absolute Gasteiger partial charge is 0.253 e. The van der Waals surface area contributed by atoms with Crippen LogP contribution in [0, 0.1) is 0 Å². The minimum atomic E-state index is 0.0135. The van der Waals surface area contributed by atoms with Crippen LogP contribution < -0.4 is 20.3 Å². The summed E-state index contributed by atoms with van der Waals surface area (Å²) in [7, 11) is 0. The lowest BCUT2D eigenvalue weighted by atomic mass is 9.95. The summed E-state index contributed by atoms with van der Waals surface area (Å²) in [5.41, 5.74) is 2.91. The molecule has 0 atom stereocenters. The van der Waals surface area contributed by atoms with E-state index in [4.69, 9.17) is 4.74 Å². The third-order valence-electron chi connectivity index (χ3n) is 7.33. The van der Waals surface area contributed by atoms with Crippen molar-refractivity contribution in [2.24, 2.45) is 0 Å². The first-order valence-corrected chi connectivity index (χ1v) is 15.8. The third kappa shape index (κ3) is 9.24. The molecule has 0 spiro atoms. The van der Waals surface area contributed by atoms with Gasteiger partial charge in [0.1, 0.15) is 5.75 Å². The molecule has 0 aliphatic carbocycles. The van der Waals surface area contributed by atoms with E-state index in [0.29, 0.717) is 56.9 Å². The molecular weight excluding hydrogens is 540 g/mol. The first-order chi connectivity index (χ1) is 20.0. The van der Waals surface area contributed by atoms with E-state index < -0.39 is 0 Å². The van der Waals surface area contributed by atoms with Gasteiger partial charge in [0.2, 0.25) is 17.7 Å². The molecule has 0 saturated carbocycles. The van der Waals surface area contributed by atoms with Gasteiger partial charge in [0.15, 0.2) is 0 Å². The molecule has 41 heavy (non-hydrogen) atoms. The summed E-state index contributed by atoms with van der Waals surface area (Å²) in [4.78, 5) is 50.8. The number of hydrogen-bond acceptors (Lipinski definition) is 6. The van der Waals surface area contributed by atoms with Crippen LogP contribution in [0.4, 0.5) is 5.69 Å². The van der Waals surface area contributed by atoms with Crippen molar-refractivity contribution in [2.45, 2.75) is 51.0 Å². The van der Waals surface area contributed by atoms with E-state index in [-0.39, 0.29) is 29.7 Å². The molecule has 2 aromatic carbocycles. The molecule has 4 amide bonds. The van der Waals surface area contributed by atoms with Crippen molar-refractivity contribution >= 4 is 41.1 Å². The van der Waals surface area contributed by atoms with Gasteiger partial charge in [-0.15, -0.1) is 0 Å². The maximum Gasteiger partial charge on any atom is 0.253 e. The largest absolute Gasteiger partial charge is 0.494 e. The fourth-order valence-electron chi connectivity index (χ4n) is 5.05. The Bertz CT molecular complexity index is 1190. The number of aryl methyl sites for hydroxylation is 1. The van der Waals surface area contributed by atoms with Crippen LogP contribution in [0.3, 0.4) is 0 Å². The first kappa shape index (κ1) is 30.4. The SMILES string of the molecule is CSCCCC(=O)NCCCOc1ccc(C(=O)N2CCC(N3C(=O)CCc4ccccc43)CC2)cc1.O=C1CN1. The van der Waals surface area contributed by atoms with Gasteiger partial charge in [0.05, 0.1) is 13.2 Å². The van der Waals surface area contributed by atoms with Crippen LogP contribution in [0.5, 0.6) is 5.75 Å². The standard InChI is InChI=1S/C29H37N3O4S.C2H3NO/c1-37-21-4-8-27(33)30-17-5-20-36-25-12-9-23(10-13-25)29(35)31-18-15-24(16-19-31)32-26-7-3-2-6-22(26)11-14-28(32)34;4-2-1-3-2/h2-3,6-7,9-10,12-13,24H,4-5,8,11,14-21H2,1H3,(H,30,33);1H2,(H,3,4). The Kier molecular flexibility index (Phi) is 11.5. The van der Waals surface area contributed by atoms with Gasteiger partial charge in [-0.05, 0) is 80.0 Å². The molecule has 3 heterocycles. The van der Waals surface area contributed by atoms with Gasteiger partial charge in [-0.1, -0.05) is 18.2 Å². The fraction of sp³-hybridized carbons (Fsp3) is 0.484. The lowest BCUT2D eigenvalue weighted by Gasteiger charge is -2.41. The number of likely N-dealkylation sites (tertiary alicyclic amines) is 1. The number of fused-ring (bicyclic) bond motifs is 1. The molecule has 0 aromatic heterocycles. The quantitative estimate of drug-likeness (QED) is 0.311. The molecule has 0 unspecified atom stereocenters. The molecule has 9 nitrogen and oxygen atoms in total. The van der Waals surface area contributed by atoms with Crippen molar-refractivity contribution < 1.29 is 23.9 Å². The van der Waals surface area contributed by atoms with Crippen LogP contribution in [0.15, 0.2) is 48.5 Å². The van der Waals surface area contributed by atoms with Crippen LogP contribution in [0.2, 0.25) is 0 Å². The molecule has 0 radical (unpaired) electrons. The van der Waals surface area contributed by atoms with E-state index in [1.165, 1.54) is 5.56 Å². The number of nitrogens with zero attached hydrogens (tertiary/aromatic N) is 2. The van der Waals surface area contributed by atoms with Crippen LogP contribution in [-0.2, 0) is 20.8 Å². The number of carbonyl (C=O) groups is 4. The van der Waals surface area contributed by atoms with Crippen molar-refractivity contribution in [2.75, 3.05) is 49.7 Å². The fourth-order valence-corrected chi connectivity index (χ4v) is 5.48. The van der Waals surface area contributed by atoms with Crippen molar-refractivity contribution in [3.8, 4) is 5.75 Å². The van der Waals surface area contributed by atoms with Crippen LogP contribution in [0.25, 0.3) is 0 Å². The molecule has 220 valence electrons. The molecule has 3 aliphatic heterocycles. The Morgan fingerprint density at radius 3 is 2.41 bits per heavy atom. The predicted octanol–water partition coefficient (Wildman–Crippen LogP) is 3.42. The van der Waals surface area contributed by atoms with E-state index in [9.17, 15) is 19.2 Å². The van der Waals surface area contributed by atoms with E-state index >= 15 is 0 Å². The monoisotopic (exact) mass is 580 g/mol. The lowest BCUT2D eigenvalue weighted by Crippen LogP contribution is -2.50. The number of thioether (sulfide) groups is 1. The zero-order valence-electron chi connectivity index (χ0n) is 23.7. The number of benzene rings is 2. The van der Waals surface area contributed by atoms with E-state index in [1.807, 2.05) is 58.5 Å². The average molecular weight is 581 g/mol. The number of nitrogens with one attached hydrogen (secondary N) is 2. The number of para-hydroxylation sites is 1.